The summed E-state index contributed by atoms with van der Waals surface area (Å²) in [5.74, 6) is 0.352. The predicted molar refractivity (Wildman–Crippen MR) is 36.3 cm³/mol. The number of hydrogen-bond acceptors (Lipinski definition) is 2. The zero-order chi connectivity index (χ0) is 6.41. The first-order chi connectivity index (χ1) is 3.81. The van der Waals surface area contributed by atoms with E-state index < -0.39 is 0 Å². The van der Waals surface area contributed by atoms with Crippen LogP contribution in [0.1, 0.15) is 0 Å². The lowest BCUT2D eigenvalue weighted by molar-refractivity contribution is 1.32. The largest absolute Gasteiger partial charge is 0.405 e. The van der Waals surface area contributed by atoms with Crippen molar-refractivity contribution in [1.29, 1.82) is 0 Å². The molecule has 46 valence electrons. The molecular formula is C5H9ClN2. The Bertz CT molecular complexity index is 107. The molecule has 0 fully saturated rings. The van der Waals surface area contributed by atoms with E-state index in [1.54, 1.807) is 12.2 Å². The first-order valence-electron chi connectivity index (χ1n) is 2.20. The average Bonchev–Trinajstić information content (AvgIpc) is 1.83. The minimum Gasteiger partial charge on any atom is -0.405 e. The Hall–Kier alpha value is -0.630. The molecule has 0 aliphatic heterocycles. The third kappa shape index (κ3) is 3.56. The number of hydrogen-bond donors (Lipinski definition) is 2. The molecular weight excluding hydrogens is 124 g/mol. The molecule has 3 heteroatoms. The quantitative estimate of drug-likeness (QED) is 0.426. The Morgan fingerprint density at radius 1 is 1.62 bits per heavy atom. The number of rotatable bonds is 2. The number of halogens is 1. The van der Waals surface area contributed by atoms with E-state index in [1.807, 2.05) is 0 Å². The van der Waals surface area contributed by atoms with Crippen molar-refractivity contribution in [3.8, 4) is 0 Å². The van der Waals surface area contributed by atoms with Gasteiger partial charge in [0.1, 0.15) is 0 Å². The maximum atomic E-state index is 5.32. The molecule has 8 heavy (non-hydrogen) atoms. The summed E-state index contributed by atoms with van der Waals surface area (Å²) in [5.41, 5.74) is 10.9. The number of allylic oxidation sites excluding steroid dienone is 3. The highest BCUT2D eigenvalue weighted by Gasteiger charge is 1.78. The molecule has 0 atom stereocenters. The van der Waals surface area contributed by atoms with Crippen molar-refractivity contribution in [1.82, 2.24) is 0 Å². The second-order valence-corrected chi connectivity index (χ2v) is 1.53. The van der Waals surface area contributed by atoms with Crippen molar-refractivity contribution < 1.29 is 0 Å². The van der Waals surface area contributed by atoms with Gasteiger partial charge in [-0.15, -0.1) is 11.6 Å². The second-order valence-electron chi connectivity index (χ2n) is 1.26. The molecule has 0 heterocycles. The highest BCUT2D eigenvalue weighted by Crippen LogP contribution is 1.86. The van der Waals surface area contributed by atoms with Crippen molar-refractivity contribution in [3.05, 3.63) is 24.0 Å². The third-order valence-corrected chi connectivity index (χ3v) is 0.884. The lowest BCUT2D eigenvalue weighted by atomic mass is 10.4. The Morgan fingerprint density at radius 2 is 2.25 bits per heavy atom. The molecule has 0 aromatic rings. The molecule has 4 N–H and O–H groups in total. The second kappa shape index (κ2) is 4.53. The van der Waals surface area contributed by atoms with E-state index in [0.717, 1.165) is 0 Å². The molecule has 0 rings (SSSR count). The molecule has 0 bridgehead atoms. The van der Waals surface area contributed by atoms with Crippen LogP contribution < -0.4 is 11.5 Å². The maximum absolute atomic E-state index is 5.32. The van der Waals surface area contributed by atoms with Gasteiger partial charge in [-0.3, -0.25) is 0 Å². The lowest BCUT2D eigenvalue weighted by Crippen LogP contribution is -1.96. The van der Waals surface area contributed by atoms with Crippen molar-refractivity contribution >= 4 is 11.6 Å². The van der Waals surface area contributed by atoms with Gasteiger partial charge in [-0.25, -0.2) is 0 Å². The van der Waals surface area contributed by atoms with Crippen LogP contribution in [-0.4, -0.2) is 5.88 Å². The molecule has 2 nitrogen and oxygen atoms in total. The Labute approximate surface area is 53.8 Å². The van der Waals surface area contributed by atoms with E-state index in [4.69, 9.17) is 23.1 Å². The highest BCUT2D eigenvalue weighted by molar-refractivity contribution is 6.19. The standard InChI is InChI=1S/C5H9ClN2/c6-4-5(8)2-1-3-7/h1-3H,4,7-8H2/b3-1-,5-2-. The van der Waals surface area contributed by atoms with Crippen LogP contribution in [0.25, 0.3) is 0 Å². The molecule has 0 unspecified atom stereocenters. The van der Waals surface area contributed by atoms with E-state index in [9.17, 15) is 0 Å². The number of nitrogens with two attached hydrogens (primary N) is 2. The summed E-state index contributed by atoms with van der Waals surface area (Å²) >= 11 is 5.32. The molecule has 0 amide bonds. The summed E-state index contributed by atoms with van der Waals surface area (Å²) in [6, 6.07) is 0. The SMILES string of the molecule is N/C=C\C=C(/N)CCl. The van der Waals surface area contributed by atoms with Crippen molar-refractivity contribution in [2.45, 2.75) is 0 Å². The lowest BCUT2D eigenvalue weighted by Gasteiger charge is -1.86. The fraction of sp³-hybridized carbons (Fsp3) is 0.200. The zero-order valence-corrected chi connectivity index (χ0v) is 5.23. The van der Waals surface area contributed by atoms with Crippen LogP contribution in [0, 0.1) is 0 Å². The first kappa shape index (κ1) is 7.37. The third-order valence-electron chi connectivity index (χ3n) is 0.576. The van der Waals surface area contributed by atoms with Gasteiger partial charge in [0.2, 0.25) is 0 Å². The smallest absolute Gasteiger partial charge is 0.0619 e. The van der Waals surface area contributed by atoms with Gasteiger partial charge >= 0.3 is 0 Å². The van der Waals surface area contributed by atoms with Crippen molar-refractivity contribution in [3.63, 3.8) is 0 Å². The summed E-state index contributed by atoms with van der Waals surface area (Å²) in [4.78, 5) is 0. The van der Waals surface area contributed by atoms with Crippen LogP contribution in [0.4, 0.5) is 0 Å². The summed E-state index contributed by atoms with van der Waals surface area (Å²) in [6.45, 7) is 0. The molecule has 0 aliphatic rings. The van der Waals surface area contributed by atoms with Crippen LogP contribution in [-0.2, 0) is 0 Å². The van der Waals surface area contributed by atoms with Gasteiger partial charge in [-0.2, -0.15) is 0 Å². The fourth-order valence-electron chi connectivity index (χ4n) is 0.224. The summed E-state index contributed by atoms with van der Waals surface area (Å²) in [5, 5.41) is 0. The molecule has 0 saturated carbocycles. The highest BCUT2D eigenvalue weighted by atomic mass is 35.5. The molecule has 0 aromatic heterocycles. The van der Waals surface area contributed by atoms with Crippen LogP contribution in [0.2, 0.25) is 0 Å². The van der Waals surface area contributed by atoms with E-state index >= 15 is 0 Å². The van der Waals surface area contributed by atoms with Crippen LogP contribution in [0.5, 0.6) is 0 Å². The van der Waals surface area contributed by atoms with E-state index in [1.165, 1.54) is 6.20 Å². The molecule has 0 aromatic carbocycles. The van der Waals surface area contributed by atoms with Gasteiger partial charge in [0, 0.05) is 5.70 Å². The fourth-order valence-corrected chi connectivity index (χ4v) is 0.313. The topological polar surface area (TPSA) is 52.0 Å². The number of alkyl halides is 1. The van der Waals surface area contributed by atoms with Gasteiger partial charge in [0.25, 0.3) is 0 Å². The van der Waals surface area contributed by atoms with Crippen molar-refractivity contribution in [2.24, 2.45) is 11.5 Å². The maximum Gasteiger partial charge on any atom is 0.0619 e. The Morgan fingerprint density at radius 3 is 2.62 bits per heavy atom. The van der Waals surface area contributed by atoms with Crippen LogP contribution in [0.15, 0.2) is 24.0 Å². The first-order valence-corrected chi connectivity index (χ1v) is 2.73. The van der Waals surface area contributed by atoms with Crippen molar-refractivity contribution in [2.75, 3.05) is 5.88 Å². The Balaban J connectivity index is 3.57. The summed E-state index contributed by atoms with van der Waals surface area (Å²) in [6.07, 6.45) is 4.70. The van der Waals surface area contributed by atoms with E-state index in [0.29, 0.717) is 11.6 Å². The average molecular weight is 133 g/mol. The van der Waals surface area contributed by atoms with Gasteiger partial charge in [-0.1, -0.05) is 0 Å². The normalized spacial score (nSPS) is 12.9. The Kier molecular flexibility index (Phi) is 4.17. The summed E-state index contributed by atoms with van der Waals surface area (Å²) < 4.78 is 0. The molecule has 0 aliphatic carbocycles. The van der Waals surface area contributed by atoms with Crippen LogP contribution >= 0.6 is 11.6 Å². The van der Waals surface area contributed by atoms with Gasteiger partial charge in [0.15, 0.2) is 0 Å². The van der Waals surface area contributed by atoms with Gasteiger partial charge < -0.3 is 11.5 Å². The predicted octanol–water partition coefficient (Wildman–Crippen LogP) is 0.540. The van der Waals surface area contributed by atoms with E-state index in [-0.39, 0.29) is 0 Å². The molecule has 0 radical (unpaired) electrons. The van der Waals surface area contributed by atoms with Gasteiger partial charge in [-0.05, 0) is 18.4 Å². The van der Waals surface area contributed by atoms with Gasteiger partial charge in [0.05, 0.1) is 5.88 Å². The minimum atomic E-state index is 0.352. The monoisotopic (exact) mass is 132 g/mol. The molecule has 0 spiro atoms. The van der Waals surface area contributed by atoms with Crippen LogP contribution in [0.3, 0.4) is 0 Å². The zero-order valence-electron chi connectivity index (χ0n) is 4.47. The molecule has 0 saturated heterocycles. The van der Waals surface area contributed by atoms with E-state index in [2.05, 4.69) is 0 Å². The minimum absolute atomic E-state index is 0.352. The summed E-state index contributed by atoms with van der Waals surface area (Å²) in [7, 11) is 0.